The van der Waals surface area contributed by atoms with Crippen LogP contribution in [0.2, 0.25) is 0 Å². The van der Waals surface area contributed by atoms with Gasteiger partial charge in [-0.05, 0) is 69.2 Å². The Morgan fingerprint density at radius 2 is 1.46 bits per heavy atom. The number of nitrogens with one attached hydrogen (secondary N) is 2. The molecule has 0 bridgehead atoms. The molecule has 8 heteroatoms. The number of hydrogen-bond donors (Lipinski definition) is 2. The summed E-state index contributed by atoms with van der Waals surface area (Å²) in [5, 5.41) is 5.59. The van der Waals surface area contributed by atoms with Crippen LogP contribution in [0.25, 0.3) is 0 Å². The van der Waals surface area contributed by atoms with E-state index in [1.807, 2.05) is 39.8 Å². The van der Waals surface area contributed by atoms with Crippen molar-refractivity contribution in [1.82, 2.24) is 5.32 Å². The number of anilines is 2. The first-order valence-electron chi connectivity index (χ1n) is 11.4. The Morgan fingerprint density at radius 3 is 2.06 bits per heavy atom. The first kappa shape index (κ1) is 26.0. The standard InChI is InChI=1S/C27H31N3O4S/c1-5-20-15-17-21(18-16-20)30(35(33,34)22-11-7-6-8-12-22)19-25(31)28-24-14-10-9-13-23(24)26(32)29-27(2,3)4/h6-18H,5,19H2,1-4H3,(H,28,31)(H,29,32). The number of amides is 2. The summed E-state index contributed by atoms with van der Waals surface area (Å²) in [5.74, 6) is -0.905. The van der Waals surface area contributed by atoms with Crippen LogP contribution in [-0.4, -0.2) is 32.3 Å². The highest BCUT2D eigenvalue weighted by Gasteiger charge is 2.28. The monoisotopic (exact) mass is 493 g/mol. The van der Waals surface area contributed by atoms with Crippen molar-refractivity contribution in [2.24, 2.45) is 0 Å². The lowest BCUT2D eigenvalue weighted by Crippen LogP contribution is -2.41. The smallest absolute Gasteiger partial charge is 0.264 e. The summed E-state index contributed by atoms with van der Waals surface area (Å²) in [6.07, 6.45) is 0.805. The van der Waals surface area contributed by atoms with E-state index in [4.69, 9.17) is 0 Å². The van der Waals surface area contributed by atoms with E-state index in [-0.39, 0.29) is 10.8 Å². The zero-order valence-corrected chi connectivity index (χ0v) is 21.2. The SMILES string of the molecule is CCc1ccc(N(CC(=O)Nc2ccccc2C(=O)NC(C)(C)C)S(=O)(=O)c2ccccc2)cc1. The number of rotatable bonds is 8. The maximum Gasteiger partial charge on any atom is 0.264 e. The second-order valence-electron chi connectivity index (χ2n) is 9.14. The van der Waals surface area contributed by atoms with Gasteiger partial charge in [-0.25, -0.2) is 8.42 Å². The fraction of sp³-hybridized carbons (Fsp3) is 0.259. The summed E-state index contributed by atoms with van der Waals surface area (Å²) >= 11 is 0. The number of benzene rings is 3. The maximum atomic E-state index is 13.5. The quantitative estimate of drug-likeness (QED) is 0.479. The van der Waals surface area contributed by atoms with Crippen LogP contribution < -0.4 is 14.9 Å². The van der Waals surface area contributed by atoms with E-state index >= 15 is 0 Å². The number of aryl methyl sites for hydroxylation is 1. The summed E-state index contributed by atoms with van der Waals surface area (Å²) in [6.45, 7) is 7.14. The summed E-state index contributed by atoms with van der Waals surface area (Å²) in [7, 11) is -4.02. The Morgan fingerprint density at radius 1 is 0.857 bits per heavy atom. The van der Waals surface area contributed by atoms with Gasteiger partial charge in [-0.3, -0.25) is 13.9 Å². The molecule has 0 fully saturated rings. The highest BCUT2D eigenvalue weighted by Crippen LogP contribution is 2.25. The molecule has 0 atom stereocenters. The van der Waals surface area contributed by atoms with E-state index in [0.29, 0.717) is 16.9 Å². The molecule has 184 valence electrons. The van der Waals surface area contributed by atoms with Gasteiger partial charge in [0.1, 0.15) is 6.54 Å². The first-order chi connectivity index (χ1) is 16.5. The lowest BCUT2D eigenvalue weighted by molar-refractivity contribution is -0.114. The van der Waals surface area contributed by atoms with Crippen LogP contribution in [0.3, 0.4) is 0 Å². The molecule has 0 heterocycles. The molecule has 35 heavy (non-hydrogen) atoms. The van der Waals surface area contributed by atoms with Crippen molar-refractivity contribution < 1.29 is 18.0 Å². The third-order valence-corrected chi connectivity index (χ3v) is 6.97. The van der Waals surface area contributed by atoms with E-state index in [1.165, 1.54) is 12.1 Å². The molecule has 0 unspecified atom stereocenters. The Hall–Kier alpha value is -3.65. The predicted octanol–water partition coefficient (Wildman–Crippen LogP) is 4.61. The predicted molar refractivity (Wildman–Crippen MR) is 139 cm³/mol. The second kappa shape index (κ2) is 10.7. The van der Waals surface area contributed by atoms with E-state index in [0.717, 1.165) is 16.3 Å². The molecule has 0 saturated carbocycles. The second-order valence-corrected chi connectivity index (χ2v) is 11.0. The van der Waals surface area contributed by atoms with Crippen LogP contribution in [0.1, 0.15) is 43.6 Å². The van der Waals surface area contributed by atoms with Gasteiger partial charge in [-0.2, -0.15) is 0 Å². The minimum atomic E-state index is -4.02. The summed E-state index contributed by atoms with van der Waals surface area (Å²) in [6, 6.07) is 21.7. The van der Waals surface area contributed by atoms with Crippen LogP contribution in [0.4, 0.5) is 11.4 Å². The number of sulfonamides is 1. The lowest BCUT2D eigenvalue weighted by atomic mass is 10.1. The minimum Gasteiger partial charge on any atom is -0.347 e. The Balaban J connectivity index is 1.92. The van der Waals surface area contributed by atoms with Gasteiger partial charge < -0.3 is 10.6 Å². The average Bonchev–Trinajstić information content (AvgIpc) is 2.82. The third-order valence-electron chi connectivity index (χ3n) is 5.19. The van der Waals surface area contributed by atoms with Gasteiger partial charge in [-0.1, -0.05) is 49.4 Å². The summed E-state index contributed by atoms with van der Waals surface area (Å²) in [5.41, 5.74) is 1.56. The molecule has 0 aliphatic heterocycles. The number of hydrogen-bond acceptors (Lipinski definition) is 4. The lowest BCUT2D eigenvalue weighted by Gasteiger charge is -2.25. The molecule has 0 aromatic heterocycles. The molecule has 0 saturated heterocycles. The van der Waals surface area contributed by atoms with E-state index < -0.39 is 28.0 Å². The molecule has 0 aliphatic carbocycles. The van der Waals surface area contributed by atoms with Gasteiger partial charge >= 0.3 is 0 Å². The van der Waals surface area contributed by atoms with Crippen LogP contribution in [0, 0.1) is 0 Å². The van der Waals surface area contributed by atoms with Crippen LogP contribution >= 0.6 is 0 Å². The largest absolute Gasteiger partial charge is 0.347 e. The molecule has 2 amide bonds. The number of nitrogens with zero attached hydrogens (tertiary/aromatic N) is 1. The Bertz CT molecular complexity index is 1280. The van der Waals surface area contributed by atoms with Crippen molar-refractivity contribution in [3.05, 3.63) is 90.0 Å². The third kappa shape index (κ3) is 6.70. The van der Waals surface area contributed by atoms with Gasteiger partial charge in [0.2, 0.25) is 5.91 Å². The average molecular weight is 494 g/mol. The summed E-state index contributed by atoms with van der Waals surface area (Å²) in [4.78, 5) is 25.9. The van der Waals surface area contributed by atoms with Crippen molar-refractivity contribution in [3.63, 3.8) is 0 Å². The highest BCUT2D eigenvalue weighted by atomic mass is 32.2. The normalized spacial score (nSPS) is 11.5. The number of para-hydroxylation sites is 1. The topological polar surface area (TPSA) is 95.6 Å². The molecule has 7 nitrogen and oxygen atoms in total. The van der Waals surface area contributed by atoms with Gasteiger partial charge in [0.05, 0.1) is 21.8 Å². The van der Waals surface area contributed by atoms with E-state index in [9.17, 15) is 18.0 Å². The molecule has 3 aromatic rings. The van der Waals surface area contributed by atoms with E-state index in [1.54, 1.807) is 54.6 Å². The van der Waals surface area contributed by atoms with Gasteiger partial charge in [0, 0.05) is 5.54 Å². The van der Waals surface area contributed by atoms with Crippen LogP contribution in [0.15, 0.2) is 83.8 Å². The van der Waals surface area contributed by atoms with Crippen molar-refractivity contribution in [3.8, 4) is 0 Å². The number of carbonyl (C=O) groups excluding carboxylic acids is 2. The van der Waals surface area contributed by atoms with Crippen molar-refractivity contribution >= 4 is 33.2 Å². The molecular formula is C27H31N3O4S. The molecule has 3 aromatic carbocycles. The zero-order chi connectivity index (χ0) is 25.6. The fourth-order valence-corrected chi connectivity index (χ4v) is 4.89. The Kier molecular flexibility index (Phi) is 7.96. The first-order valence-corrected chi connectivity index (χ1v) is 12.8. The molecular weight excluding hydrogens is 462 g/mol. The molecule has 0 spiro atoms. The zero-order valence-electron chi connectivity index (χ0n) is 20.4. The molecule has 0 aliphatic rings. The van der Waals surface area contributed by atoms with E-state index in [2.05, 4.69) is 10.6 Å². The number of carbonyl (C=O) groups is 2. The maximum absolute atomic E-state index is 13.5. The van der Waals surface area contributed by atoms with Crippen molar-refractivity contribution in [2.75, 3.05) is 16.2 Å². The Labute approximate surface area is 207 Å². The molecule has 0 radical (unpaired) electrons. The molecule has 2 N–H and O–H groups in total. The van der Waals surface area contributed by atoms with Crippen LogP contribution in [0.5, 0.6) is 0 Å². The molecule has 3 rings (SSSR count). The fourth-order valence-electron chi connectivity index (χ4n) is 3.45. The van der Waals surface area contributed by atoms with Crippen LogP contribution in [-0.2, 0) is 21.2 Å². The summed E-state index contributed by atoms with van der Waals surface area (Å²) < 4.78 is 28.1. The van der Waals surface area contributed by atoms with Gasteiger partial charge in [0.25, 0.3) is 15.9 Å². The minimum absolute atomic E-state index is 0.0809. The van der Waals surface area contributed by atoms with Crippen molar-refractivity contribution in [1.29, 1.82) is 0 Å². The highest BCUT2D eigenvalue weighted by molar-refractivity contribution is 7.92. The van der Waals surface area contributed by atoms with Crippen molar-refractivity contribution in [2.45, 2.75) is 44.6 Å². The van der Waals surface area contributed by atoms with Gasteiger partial charge in [0.15, 0.2) is 0 Å². The van der Waals surface area contributed by atoms with Gasteiger partial charge in [-0.15, -0.1) is 0 Å².